The van der Waals surface area contributed by atoms with Crippen LogP contribution >= 0.6 is 0 Å². The van der Waals surface area contributed by atoms with Crippen molar-refractivity contribution in [1.82, 2.24) is 0 Å². The molecule has 1 heterocycles. The lowest BCUT2D eigenvalue weighted by molar-refractivity contribution is 0.112. The third-order valence-electron chi connectivity index (χ3n) is 6.79. The number of rotatable bonds is 5. The molecule has 0 aliphatic heterocycles. The van der Waals surface area contributed by atoms with E-state index in [1.54, 1.807) is 18.2 Å². The summed E-state index contributed by atoms with van der Waals surface area (Å²) in [6.45, 7) is 5.94. The zero-order valence-corrected chi connectivity index (χ0v) is 19.8. The van der Waals surface area contributed by atoms with Gasteiger partial charge in [0.05, 0.1) is 5.56 Å². The second-order valence-corrected chi connectivity index (χ2v) is 9.38. The number of phenolic OH excluding ortho intramolecular Hbond substituents is 3. The van der Waals surface area contributed by atoms with Crippen molar-refractivity contribution in [3.63, 3.8) is 0 Å². The van der Waals surface area contributed by atoms with Gasteiger partial charge < -0.3 is 24.8 Å². The van der Waals surface area contributed by atoms with Crippen LogP contribution < -0.4 is 5.63 Å². The van der Waals surface area contributed by atoms with Crippen LogP contribution in [0.3, 0.4) is 0 Å². The van der Waals surface area contributed by atoms with Crippen molar-refractivity contribution < 1.29 is 29.6 Å². The smallest absolute Gasteiger partial charge is 0.347 e. The quantitative estimate of drug-likeness (QED) is 0.273. The van der Waals surface area contributed by atoms with Crippen molar-refractivity contribution in [2.24, 2.45) is 5.92 Å². The largest absolute Gasteiger partial charge is 0.508 e. The minimum absolute atomic E-state index is 0.0858. The van der Waals surface area contributed by atoms with E-state index in [9.17, 15) is 30.0 Å². The summed E-state index contributed by atoms with van der Waals surface area (Å²) in [5.74, 6) is -1.27. The van der Waals surface area contributed by atoms with Crippen molar-refractivity contribution >= 4 is 18.4 Å². The Hall–Kier alpha value is -4.00. The van der Waals surface area contributed by atoms with Gasteiger partial charge in [0.15, 0.2) is 17.8 Å². The molecule has 1 aromatic heterocycles. The van der Waals surface area contributed by atoms with Crippen LogP contribution in [0.4, 0.5) is 0 Å². The van der Waals surface area contributed by atoms with Gasteiger partial charge in [0.2, 0.25) is 0 Å². The first-order chi connectivity index (χ1) is 16.6. The summed E-state index contributed by atoms with van der Waals surface area (Å²) >= 11 is 0. The molecule has 1 aliphatic rings. The lowest BCUT2D eigenvalue weighted by atomic mass is 9.69. The van der Waals surface area contributed by atoms with Gasteiger partial charge in [0, 0.05) is 17.2 Å². The van der Waals surface area contributed by atoms with Crippen molar-refractivity contribution in [3.8, 4) is 34.1 Å². The fourth-order valence-corrected chi connectivity index (χ4v) is 5.01. The molecule has 0 spiro atoms. The molecule has 4 N–H and O–H groups in total. The van der Waals surface area contributed by atoms with E-state index in [1.807, 2.05) is 20.8 Å². The maximum atomic E-state index is 13.2. The van der Waals surface area contributed by atoms with Gasteiger partial charge in [-0.25, -0.2) is 4.79 Å². The predicted molar refractivity (Wildman–Crippen MR) is 133 cm³/mol. The van der Waals surface area contributed by atoms with Crippen LogP contribution in [0, 0.1) is 5.92 Å². The Morgan fingerprint density at radius 3 is 2.23 bits per heavy atom. The van der Waals surface area contributed by atoms with Crippen molar-refractivity contribution in [2.45, 2.75) is 45.4 Å². The van der Waals surface area contributed by atoms with Gasteiger partial charge in [-0.2, -0.15) is 0 Å². The molecule has 3 aromatic rings. The number of aromatic hydroxyl groups is 4. The van der Waals surface area contributed by atoms with Crippen LogP contribution in [0.1, 0.15) is 78.3 Å². The van der Waals surface area contributed by atoms with Crippen LogP contribution in [0.25, 0.3) is 23.3 Å². The first-order valence-corrected chi connectivity index (χ1v) is 11.5. The second kappa shape index (κ2) is 9.33. The van der Waals surface area contributed by atoms with E-state index in [-0.39, 0.29) is 51.7 Å². The first kappa shape index (κ1) is 24.1. The van der Waals surface area contributed by atoms with Crippen molar-refractivity contribution in [2.75, 3.05) is 0 Å². The average Bonchev–Trinajstić information content (AvgIpc) is 2.81. The maximum absolute atomic E-state index is 13.2. The predicted octanol–water partition coefficient (Wildman–Crippen LogP) is 5.75. The Balaban J connectivity index is 1.94. The fraction of sp³-hybridized carbons (Fsp3) is 0.286. The van der Waals surface area contributed by atoms with Gasteiger partial charge in [-0.05, 0) is 59.9 Å². The SMILES string of the molecule is CC(C)[C@H]1CC[C@H](C)c2c(O)c(O)c(C=O)c(-c3c(O)cc(/C=C/c4ccc(O)cc4)oc3=O)c21. The van der Waals surface area contributed by atoms with Crippen LogP contribution in [-0.4, -0.2) is 26.7 Å². The zero-order valence-electron chi connectivity index (χ0n) is 19.8. The molecule has 7 nitrogen and oxygen atoms in total. The molecular weight excluding hydrogens is 448 g/mol. The Morgan fingerprint density at radius 1 is 0.943 bits per heavy atom. The molecule has 0 amide bonds. The Kier molecular flexibility index (Phi) is 6.43. The summed E-state index contributed by atoms with van der Waals surface area (Å²) in [6.07, 6.45) is 5.07. The maximum Gasteiger partial charge on any atom is 0.347 e. The molecule has 35 heavy (non-hydrogen) atoms. The molecule has 1 aliphatic carbocycles. The number of phenols is 3. The van der Waals surface area contributed by atoms with E-state index in [0.29, 0.717) is 17.4 Å². The van der Waals surface area contributed by atoms with Crippen LogP contribution in [-0.2, 0) is 0 Å². The number of aldehydes is 1. The molecule has 0 fully saturated rings. The van der Waals surface area contributed by atoms with E-state index >= 15 is 0 Å². The van der Waals surface area contributed by atoms with Crippen LogP contribution in [0.15, 0.2) is 39.5 Å². The van der Waals surface area contributed by atoms with Gasteiger partial charge in [-0.15, -0.1) is 0 Å². The van der Waals surface area contributed by atoms with Gasteiger partial charge >= 0.3 is 5.63 Å². The normalized spacial score (nSPS) is 17.6. The highest BCUT2D eigenvalue weighted by atomic mass is 16.4. The van der Waals surface area contributed by atoms with Crippen LogP contribution in [0.2, 0.25) is 0 Å². The van der Waals surface area contributed by atoms with E-state index in [2.05, 4.69) is 0 Å². The minimum Gasteiger partial charge on any atom is -0.508 e. The summed E-state index contributed by atoms with van der Waals surface area (Å²) in [4.78, 5) is 25.2. The summed E-state index contributed by atoms with van der Waals surface area (Å²) in [7, 11) is 0. The van der Waals surface area contributed by atoms with E-state index in [0.717, 1.165) is 18.4 Å². The highest BCUT2D eigenvalue weighted by molar-refractivity contribution is 5.96. The number of carbonyl (C=O) groups is 1. The lowest BCUT2D eigenvalue weighted by Crippen LogP contribution is -2.21. The molecule has 0 bridgehead atoms. The van der Waals surface area contributed by atoms with Gasteiger partial charge in [0.25, 0.3) is 0 Å². The first-order valence-electron chi connectivity index (χ1n) is 11.5. The summed E-state index contributed by atoms with van der Waals surface area (Å²) in [6, 6.07) is 7.66. The molecular formula is C28H28O7. The summed E-state index contributed by atoms with van der Waals surface area (Å²) in [5, 5.41) is 41.8. The Bertz CT molecular complexity index is 1360. The van der Waals surface area contributed by atoms with Gasteiger partial charge in [0.1, 0.15) is 22.8 Å². The molecule has 182 valence electrons. The third kappa shape index (κ3) is 4.30. The highest BCUT2D eigenvalue weighted by Gasteiger charge is 2.37. The van der Waals surface area contributed by atoms with E-state index in [4.69, 9.17) is 4.42 Å². The number of hydrogen-bond donors (Lipinski definition) is 4. The third-order valence-corrected chi connectivity index (χ3v) is 6.79. The molecule has 2 atom stereocenters. The second-order valence-electron chi connectivity index (χ2n) is 9.38. The standard InChI is InChI=1S/C28H28O7/c1-14(2)19-11-4-15(3)22-23(19)24(20(13-29)26(32)27(22)33)25-21(31)12-18(35-28(25)34)10-7-16-5-8-17(30)9-6-16/h5-10,12-15,19,30-33H,4,11H2,1-3H3/b10-7+/t15-,19+/m0/s1. The molecule has 0 saturated heterocycles. The Morgan fingerprint density at radius 2 is 1.63 bits per heavy atom. The zero-order chi connectivity index (χ0) is 25.4. The average molecular weight is 477 g/mol. The minimum atomic E-state index is -0.869. The van der Waals surface area contributed by atoms with E-state index < -0.39 is 17.1 Å². The fourth-order valence-electron chi connectivity index (χ4n) is 5.01. The molecule has 7 heteroatoms. The highest BCUT2D eigenvalue weighted by Crippen LogP contribution is 2.54. The number of benzene rings is 2. The van der Waals surface area contributed by atoms with Gasteiger partial charge in [-0.3, -0.25) is 4.79 Å². The van der Waals surface area contributed by atoms with E-state index in [1.165, 1.54) is 24.3 Å². The van der Waals surface area contributed by atoms with Crippen molar-refractivity contribution in [3.05, 3.63) is 68.8 Å². The molecule has 0 radical (unpaired) electrons. The lowest BCUT2D eigenvalue weighted by Gasteiger charge is -2.35. The number of hydrogen-bond acceptors (Lipinski definition) is 7. The monoisotopic (exact) mass is 476 g/mol. The molecule has 0 unspecified atom stereocenters. The van der Waals surface area contributed by atoms with Crippen molar-refractivity contribution in [1.29, 1.82) is 0 Å². The van der Waals surface area contributed by atoms with Gasteiger partial charge in [-0.1, -0.05) is 39.0 Å². The summed E-state index contributed by atoms with van der Waals surface area (Å²) in [5.41, 5.74) is 0.580. The number of fused-ring (bicyclic) bond motifs is 1. The summed E-state index contributed by atoms with van der Waals surface area (Å²) < 4.78 is 5.46. The number of carbonyl (C=O) groups excluding carboxylic acids is 1. The topological polar surface area (TPSA) is 128 Å². The molecule has 4 rings (SSSR count). The Labute approximate surface area is 202 Å². The molecule has 2 aromatic carbocycles. The molecule has 0 saturated carbocycles. The van der Waals surface area contributed by atoms with Crippen LogP contribution in [0.5, 0.6) is 23.0 Å².